The van der Waals surface area contributed by atoms with Crippen LogP contribution in [0.5, 0.6) is 0 Å². The van der Waals surface area contributed by atoms with Crippen molar-refractivity contribution < 1.29 is 4.74 Å². The minimum atomic E-state index is -0.268. The van der Waals surface area contributed by atoms with Crippen molar-refractivity contribution in [2.24, 2.45) is 5.92 Å². The molecule has 0 radical (unpaired) electrons. The Balaban J connectivity index is 1.63. The highest BCUT2D eigenvalue weighted by molar-refractivity contribution is 5.30. The van der Waals surface area contributed by atoms with Gasteiger partial charge in [-0.3, -0.25) is 5.10 Å². The minimum Gasteiger partial charge on any atom is -0.367 e. The van der Waals surface area contributed by atoms with E-state index in [2.05, 4.69) is 32.3 Å². The van der Waals surface area contributed by atoms with Crippen molar-refractivity contribution in [3.63, 3.8) is 0 Å². The van der Waals surface area contributed by atoms with E-state index in [1.807, 2.05) is 7.05 Å². The van der Waals surface area contributed by atoms with Crippen LogP contribution in [0.4, 0.5) is 5.95 Å². The third-order valence-electron chi connectivity index (χ3n) is 4.58. The molecule has 0 bridgehead atoms. The molecule has 0 saturated carbocycles. The normalized spacial score (nSPS) is 28.2. The van der Waals surface area contributed by atoms with Gasteiger partial charge in [0.15, 0.2) is 5.82 Å². The van der Waals surface area contributed by atoms with Crippen LogP contribution in [0.25, 0.3) is 0 Å². The molecule has 3 heterocycles. The molecule has 112 valence electrons. The van der Waals surface area contributed by atoms with Gasteiger partial charge in [0.05, 0.1) is 0 Å². The van der Waals surface area contributed by atoms with Crippen LogP contribution in [0.1, 0.15) is 38.4 Å². The Morgan fingerprint density at radius 3 is 2.90 bits per heavy atom. The second-order valence-electron chi connectivity index (χ2n) is 6.15. The maximum Gasteiger partial charge on any atom is 0.244 e. The summed E-state index contributed by atoms with van der Waals surface area (Å²) in [6.07, 6.45) is 4.53. The van der Waals surface area contributed by atoms with E-state index >= 15 is 0 Å². The average Bonchev–Trinajstić information content (AvgIpc) is 3.10. The molecule has 2 aliphatic rings. The maximum atomic E-state index is 5.82. The lowest BCUT2D eigenvalue weighted by Crippen LogP contribution is -2.37. The largest absolute Gasteiger partial charge is 0.367 e. The summed E-state index contributed by atoms with van der Waals surface area (Å²) in [5, 5.41) is 10.7. The molecule has 2 saturated heterocycles. The molecule has 2 N–H and O–H groups in total. The zero-order chi connectivity index (χ0) is 14.0. The van der Waals surface area contributed by atoms with Crippen molar-refractivity contribution >= 4 is 5.95 Å². The first kappa shape index (κ1) is 13.8. The lowest BCUT2D eigenvalue weighted by Gasteiger charge is -2.31. The number of nitrogens with one attached hydrogen (secondary N) is 2. The first-order chi connectivity index (χ1) is 9.71. The number of ether oxygens (including phenoxy) is 1. The topological polar surface area (TPSA) is 66.1 Å². The van der Waals surface area contributed by atoms with E-state index in [9.17, 15) is 0 Å². The van der Waals surface area contributed by atoms with Crippen molar-refractivity contribution in [3.05, 3.63) is 5.82 Å². The Bertz CT molecular complexity index is 433. The highest BCUT2D eigenvalue weighted by Crippen LogP contribution is 2.34. The van der Waals surface area contributed by atoms with Crippen LogP contribution in [-0.4, -0.2) is 48.5 Å². The van der Waals surface area contributed by atoms with E-state index in [1.54, 1.807) is 0 Å². The zero-order valence-electron chi connectivity index (χ0n) is 12.5. The predicted molar refractivity (Wildman–Crippen MR) is 77.8 cm³/mol. The molecule has 1 aromatic rings. The van der Waals surface area contributed by atoms with Crippen LogP contribution in [-0.2, 0) is 10.3 Å². The molecule has 0 amide bonds. The summed E-state index contributed by atoms with van der Waals surface area (Å²) in [6.45, 7) is 6.12. The van der Waals surface area contributed by atoms with Crippen molar-refractivity contribution in [2.75, 3.05) is 38.2 Å². The van der Waals surface area contributed by atoms with Crippen LogP contribution in [0.3, 0.4) is 0 Å². The number of H-pyrrole nitrogens is 1. The summed E-state index contributed by atoms with van der Waals surface area (Å²) in [5.41, 5.74) is -0.268. The van der Waals surface area contributed by atoms with E-state index in [4.69, 9.17) is 4.74 Å². The number of hydrogen-bond donors (Lipinski definition) is 2. The fourth-order valence-corrected chi connectivity index (χ4v) is 3.22. The van der Waals surface area contributed by atoms with Crippen LogP contribution < -0.4 is 10.2 Å². The SMILES string of the molecule is CNCC1CCN(c2n[nH]c(C3(C)CCCO3)n2)CC1. The lowest BCUT2D eigenvalue weighted by atomic mass is 9.97. The summed E-state index contributed by atoms with van der Waals surface area (Å²) in [5.74, 6) is 2.49. The van der Waals surface area contributed by atoms with Crippen molar-refractivity contribution in [2.45, 2.75) is 38.2 Å². The first-order valence-corrected chi connectivity index (χ1v) is 7.68. The molecule has 2 fully saturated rings. The molecular formula is C14H25N5O. The van der Waals surface area contributed by atoms with Gasteiger partial charge in [-0.2, -0.15) is 4.98 Å². The van der Waals surface area contributed by atoms with Gasteiger partial charge < -0.3 is 15.0 Å². The Labute approximate surface area is 120 Å². The van der Waals surface area contributed by atoms with E-state index in [0.717, 1.165) is 56.8 Å². The standard InChI is InChI=1S/C14H25N5O/c1-14(6-3-9-20-14)12-16-13(18-17-12)19-7-4-11(5-8-19)10-15-2/h11,15H,3-10H2,1-2H3,(H,16,17,18). The summed E-state index contributed by atoms with van der Waals surface area (Å²) >= 11 is 0. The van der Waals surface area contributed by atoms with Crippen molar-refractivity contribution in [3.8, 4) is 0 Å². The third-order valence-corrected chi connectivity index (χ3v) is 4.58. The van der Waals surface area contributed by atoms with Crippen LogP contribution in [0.15, 0.2) is 0 Å². The molecule has 6 nitrogen and oxygen atoms in total. The molecule has 0 spiro atoms. The molecule has 0 aromatic carbocycles. The molecule has 2 aliphatic heterocycles. The number of anilines is 1. The van der Waals surface area contributed by atoms with E-state index in [1.165, 1.54) is 12.8 Å². The Hall–Kier alpha value is -1.14. The number of rotatable bonds is 4. The third kappa shape index (κ3) is 2.67. The van der Waals surface area contributed by atoms with Crippen molar-refractivity contribution in [1.82, 2.24) is 20.5 Å². The molecule has 1 atom stereocenters. The molecule has 20 heavy (non-hydrogen) atoms. The molecule has 0 aliphatic carbocycles. The van der Waals surface area contributed by atoms with Crippen LogP contribution in [0.2, 0.25) is 0 Å². The van der Waals surface area contributed by atoms with Gasteiger partial charge in [-0.1, -0.05) is 0 Å². The number of hydrogen-bond acceptors (Lipinski definition) is 5. The van der Waals surface area contributed by atoms with E-state index < -0.39 is 0 Å². The fourth-order valence-electron chi connectivity index (χ4n) is 3.22. The number of nitrogens with zero attached hydrogens (tertiary/aromatic N) is 3. The molecule has 3 rings (SSSR count). The summed E-state index contributed by atoms with van der Waals surface area (Å²) < 4.78 is 5.82. The second kappa shape index (κ2) is 5.69. The van der Waals surface area contributed by atoms with Crippen LogP contribution >= 0.6 is 0 Å². The second-order valence-corrected chi connectivity index (χ2v) is 6.15. The maximum absolute atomic E-state index is 5.82. The van der Waals surface area contributed by atoms with Gasteiger partial charge in [-0.25, -0.2) is 0 Å². The van der Waals surface area contributed by atoms with E-state index in [-0.39, 0.29) is 5.60 Å². The van der Waals surface area contributed by atoms with Crippen molar-refractivity contribution in [1.29, 1.82) is 0 Å². The predicted octanol–water partition coefficient (Wildman–Crippen LogP) is 1.27. The molecule has 6 heteroatoms. The highest BCUT2D eigenvalue weighted by atomic mass is 16.5. The zero-order valence-corrected chi connectivity index (χ0v) is 12.5. The van der Waals surface area contributed by atoms with Gasteiger partial charge in [0, 0.05) is 19.7 Å². The number of aromatic amines is 1. The summed E-state index contributed by atoms with van der Waals surface area (Å²) in [6, 6.07) is 0. The van der Waals surface area contributed by atoms with Gasteiger partial charge in [0.25, 0.3) is 0 Å². The summed E-state index contributed by atoms with van der Waals surface area (Å²) in [4.78, 5) is 6.96. The molecule has 1 aromatic heterocycles. The smallest absolute Gasteiger partial charge is 0.244 e. The highest BCUT2D eigenvalue weighted by Gasteiger charge is 2.35. The van der Waals surface area contributed by atoms with Crippen LogP contribution in [0, 0.1) is 5.92 Å². The minimum absolute atomic E-state index is 0.268. The van der Waals surface area contributed by atoms with Gasteiger partial charge in [-0.05, 0) is 52.1 Å². The fraction of sp³-hybridized carbons (Fsp3) is 0.857. The lowest BCUT2D eigenvalue weighted by molar-refractivity contribution is 0.00966. The summed E-state index contributed by atoms with van der Waals surface area (Å²) in [7, 11) is 2.02. The van der Waals surface area contributed by atoms with E-state index in [0.29, 0.717) is 0 Å². The van der Waals surface area contributed by atoms with Gasteiger partial charge in [-0.15, -0.1) is 5.10 Å². The Morgan fingerprint density at radius 1 is 1.45 bits per heavy atom. The number of aromatic nitrogens is 3. The van der Waals surface area contributed by atoms with Gasteiger partial charge >= 0.3 is 0 Å². The monoisotopic (exact) mass is 279 g/mol. The first-order valence-electron chi connectivity index (χ1n) is 7.68. The Morgan fingerprint density at radius 2 is 2.25 bits per heavy atom. The Kier molecular flexibility index (Phi) is 3.94. The quantitative estimate of drug-likeness (QED) is 0.869. The van der Waals surface area contributed by atoms with Gasteiger partial charge in [0.1, 0.15) is 5.60 Å². The number of piperidine rings is 1. The molecular weight excluding hydrogens is 254 g/mol. The molecule has 1 unspecified atom stereocenters. The van der Waals surface area contributed by atoms with Gasteiger partial charge in [0.2, 0.25) is 5.95 Å². The average molecular weight is 279 g/mol.